The second-order valence-electron chi connectivity index (χ2n) is 5.35. The standard InChI is InChI=1S/C18H16FN3O3/c1-22-7-6-21-17(22)12-24-16-4-2-13(3-5-16)11-25-18(23)14-8-15(19)10-20-9-14/h2-10H,11-12H2,1H3. The number of carbonyl (C=O) groups excluding carboxylic acids is 1. The van der Waals surface area contributed by atoms with E-state index in [0.29, 0.717) is 12.4 Å². The van der Waals surface area contributed by atoms with Crippen molar-refractivity contribution in [3.63, 3.8) is 0 Å². The predicted octanol–water partition coefficient (Wildman–Crippen LogP) is 2.89. The topological polar surface area (TPSA) is 66.2 Å². The van der Waals surface area contributed by atoms with Crippen molar-refractivity contribution in [1.82, 2.24) is 14.5 Å². The summed E-state index contributed by atoms with van der Waals surface area (Å²) in [7, 11) is 1.90. The number of carbonyl (C=O) groups is 1. The van der Waals surface area contributed by atoms with Crippen LogP contribution in [0.25, 0.3) is 0 Å². The van der Waals surface area contributed by atoms with E-state index < -0.39 is 11.8 Å². The van der Waals surface area contributed by atoms with Crippen molar-refractivity contribution >= 4 is 5.97 Å². The molecular weight excluding hydrogens is 325 g/mol. The number of pyridine rings is 1. The second-order valence-corrected chi connectivity index (χ2v) is 5.35. The van der Waals surface area contributed by atoms with E-state index in [1.54, 1.807) is 30.5 Å². The molecule has 0 bridgehead atoms. The Balaban J connectivity index is 1.52. The van der Waals surface area contributed by atoms with Gasteiger partial charge < -0.3 is 14.0 Å². The van der Waals surface area contributed by atoms with Crippen molar-refractivity contribution in [3.8, 4) is 5.75 Å². The lowest BCUT2D eigenvalue weighted by Gasteiger charge is -2.08. The van der Waals surface area contributed by atoms with Gasteiger partial charge >= 0.3 is 5.97 Å². The quantitative estimate of drug-likeness (QED) is 0.645. The van der Waals surface area contributed by atoms with Crippen LogP contribution in [0.15, 0.2) is 55.1 Å². The maximum atomic E-state index is 13.0. The van der Waals surface area contributed by atoms with Gasteiger partial charge in [0.25, 0.3) is 0 Å². The van der Waals surface area contributed by atoms with Crippen LogP contribution < -0.4 is 4.74 Å². The van der Waals surface area contributed by atoms with E-state index in [2.05, 4.69) is 9.97 Å². The fourth-order valence-electron chi connectivity index (χ4n) is 2.12. The summed E-state index contributed by atoms with van der Waals surface area (Å²) in [5.41, 5.74) is 0.872. The smallest absolute Gasteiger partial charge is 0.340 e. The SMILES string of the molecule is Cn1ccnc1COc1ccc(COC(=O)c2cncc(F)c2)cc1. The first kappa shape index (κ1) is 16.6. The Kier molecular flexibility index (Phi) is 5.03. The van der Waals surface area contributed by atoms with Crippen LogP contribution in [0.3, 0.4) is 0 Å². The van der Waals surface area contributed by atoms with E-state index in [0.717, 1.165) is 23.7 Å². The van der Waals surface area contributed by atoms with Gasteiger partial charge in [0, 0.05) is 25.6 Å². The molecular formula is C18H16FN3O3. The number of esters is 1. The van der Waals surface area contributed by atoms with E-state index in [4.69, 9.17) is 9.47 Å². The molecule has 0 spiro atoms. The van der Waals surface area contributed by atoms with Crippen molar-refractivity contribution in [1.29, 1.82) is 0 Å². The number of aryl methyl sites for hydroxylation is 1. The third kappa shape index (κ3) is 4.41. The molecule has 0 radical (unpaired) electrons. The molecule has 0 aliphatic heterocycles. The molecule has 0 N–H and O–H groups in total. The van der Waals surface area contributed by atoms with Gasteiger partial charge in [0.1, 0.15) is 30.6 Å². The zero-order chi connectivity index (χ0) is 17.6. The van der Waals surface area contributed by atoms with Gasteiger partial charge in [0.05, 0.1) is 11.8 Å². The minimum Gasteiger partial charge on any atom is -0.486 e. The number of aromatic nitrogens is 3. The van der Waals surface area contributed by atoms with Gasteiger partial charge in [0.2, 0.25) is 0 Å². The maximum Gasteiger partial charge on any atom is 0.340 e. The summed E-state index contributed by atoms with van der Waals surface area (Å²) < 4.78 is 25.7. The molecule has 0 aliphatic rings. The summed E-state index contributed by atoms with van der Waals surface area (Å²) in [5.74, 6) is 0.305. The molecule has 0 fully saturated rings. The van der Waals surface area contributed by atoms with Gasteiger partial charge in [-0.2, -0.15) is 0 Å². The zero-order valence-corrected chi connectivity index (χ0v) is 13.6. The summed E-state index contributed by atoms with van der Waals surface area (Å²) in [5, 5.41) is 0. The normalized spacial score (nSPS) is 10.5. The number of benzene rings is 1. The first-order valence-electron chi connectivity index (χ1n) is 7.57. The Morgan fingerprint density at radius 1 is 1.20 bits per heavy atom. The minimum atomic E-state index is -0.623. The van der Waals surface area contributed by atoms with Crippen LogP contribution in [0.1, 0.15) is 21.7 Å². The number of hydrogen-bond donors (Lipinski definition) is 0. The largest absolute Gasteiger partial charge is 0.486 e. The zero-order valence-electron chi connectivity index (χ0n) is 13.6. The van der Waals surface area contributed by atoms with Crippen molar-refractivity contribution < 1.29 is 18.7 Å². The lowest BCUT2D eigenvalue weighted by Crippen LogP contribution is -2.06. The lowest BCUT2D eigenvalue weighted by atomic mass is 10.2. The molecule has 0 unspecified atom stereocenters. The van der Waals surface area contributed by atoms with Crippen LogP contribution in [-0.2, 0) is 25.0 Å². The minimum absolute atomic E-state index is 0.0784. The van der Waals surface area contributed by atoms with Crippen LogP contribution >= 0.6 is 0 Å². The van der Waals surface area contributed by atoms with Crippen LogP contribution in [0.4, 0.5) is 4.39 Å². The average Bonchev–Trinajstić information content (AvgIpc) is 3.04. The lowest BCUT2D eigenvalue weighted by molar-refractivity contribution is 0.0471. The molecule has 0 saturated carbocycles. The second kappa shape index (κ2) is 7.57. The highest BCUT2D eigenvalue weighted by Crippen LogP contribution is 2.15. The number of nitrogens with zero attached hydrogens (tertiary/aromatic N) is 3. The van der Waals surface area contributed by atoms with E-state index in [1.165, 1.54) is 6.20 Å². The molecule has 2 aromatic heterocycles. The van der Waals surface area contributed by atoms with Crippen molar-refractivity contribution in [2.24, 2.45) is 7.05 Å². The van der Waals surface area contributed by atoms with E-state index in [1.807, 2.05) is 17.8 Å². The molecule has 7 heteroatoms. The molecule has 0 amide bonds. The van der Waals surface area contributed by atoms with Crippen LogP contribution in [0.5, 0.6) is 5.75 Å². The maximum absolute atomic E-state index is 13.0. The third-order valence-corrected chi connectivity index (χ3v) is 3.52. The number of ether oxygens (including phenoxy) is 2. The van der Waals surface area contributed by atoms with Crippen molar-refractivity contribution in [2.45, 2.75) is 13.2 Å². The summed E-state index contributed by atoms with van der Waals surface area (Å²) in [6, 6.07) is 8.26. The molecule has 2 heterocycles. The number of rotatable bonds is 6. The summed E-state index contributed by atoms with van der Waals surface area (Å²) >= 11 is 0. The molecule has 128 valence electrons. The summed E-state index contributed by atoms with van der Waals surface area (Å²) in [4.78, 5) is 19.6. The van der Waals surface area contributed by atoms with E-state index in [9.17, 15) is 9.18 Å². The molecule has 25 heavy (non-hydrogen) atoms. The highest BCUT2D eigenvalue weighted by atomic mass is 19.1. The van der Waals surface area contributed by atoms with Crippen LogP contribution in [0, 0.1) is 5.82 Å². The Labute approximate surface area is 143 Å². The van der Waals surface area contributed by atoms with Crippen molar-refractivity contribution in [2.75, 3.05) is 0 Å². The molecule has 0 saturated heterocycles. The molecule has 6 nitrogen and oxygen atoms in total. The molecule has 1 aromatic carbocycles. The number of halogens is 1. The Morgan fingerprint density at radius 3 is 2.68 bits per heavy atom. The summed E-state index contributed by atoms with van der Waals surface area (Å²) in [6.45, 7) is 0.444. The average molecular weight is 341 g/mol. The fourth-order valence-corrected chi connectivity index (χ4v) is 2.12. The van der Waals surface area contributed by atoms with Gasteiger partial charge in [-0.15, -0.1) is 0 Å². The molecule has 3 aromatic rings. The molecule has 0 atom stereocenters. The van der Waals surface area contributed by atoms with E-state index >= 15 is 0 Å². The van der Waals surface area contributed by atoms with Gasteiger partial charge in [-0.3, -0.25) is 4.98 Å². The van der Waals surface area contributed by atoms with E-state index in [-0.39, 0.29) is 12.2 Å². The van der Waals surface area contributed by atoms with Crippen LogP contribution in [0.2, 0.25) is 0 Å². The molecule has 3 rings (SSSR count). The van der Waals surface area contributed by atoms with Gasteiger partial charge in [-0.1, -0.05) is 12.1 Å². The van der Waals surface area contributed by atoms with Gasteiger partial charge in [-0.25, -0.2) is 14.2 Å². The number of imidazole rings is 1. The van der Waals surface area contributed by atoms with Crippen molar-refractivity contribution in [3.05, 3.63) is 77.9 Å². The van der Waals surface area contributed by atoms with Crippen LogP contribution in [-0.4, -0.2) is 20.5 Å². The summed E-state index contributed by atoms with van der Waals surface area (Å²) in [6.07, 6.45) is 5.86. The first-order valence-corrected chi connectivity index (χ1v) is 7.57. The first-order chi connectivity index (χ1) is 12.1. The highest BCUT2D eigenvalue weighted by molar-refractivity contribution is 5.88. The predicted molar refractivity (Wildman–Crippen MR) is 87.3 cm³/mol. The Bertz CT molecular complexity index is 862. The number of hydrogen-bond acceptors (Lipinski definition) is 5. The highest BCUT2D eigenvalue weighted by Gasteiger charge is 2.09. The van der Waals surface area contributed by atoms with Gasteiger partial charge in [0.15, 0.2) is 0 Å². The monoisotopic (exact) mass is 341 g/mol. The van der Waals surface area contributed by atoms with Gasteiger partial charge in [-0.05, 0) is 23.8 Å². The Hall–Kier alpha value is -3.22. The fraction of sp³-hybridized carbons (Fsp3) is 0.167. The third-order valence-electron chi connectivity index (χ3n) is 3.52. The molecule has 0 aliphatic carbocycles. The Morgan fingerprint density at radius 2 is 2.00 bits per heavy atom.